The van der Waals surface area contributed by atoms with Crippen LogP contribution in [0.5, 0.6) is 0 Å². The van der Waals surface area contributed by atoms with E-state index in [1.54, 1.807) is 11.0 Å². The molecule has 0 radical (unpaired) electrons. The second kappa shape index (κ2) is 7.53. The molecule has 0 aliphatic carbocycles. The van der Waals surface area contributed by atoms with Crippen LogP contribution in [0.15, 0.2) is 60.0 Å². The number of carbonyl (C=O) groups excluding carboxylic acids is 1. The number of anilines is 1. The van der Waals surface area contributed by atoms with Gasteiger partial charge >= 0.3 is 0 Å². The normalized spacial score (nSPS) is 12.0. The Morgan fingerprint density at radius 3 is 2.44 bits per heavy atom. The maximum absolute atomic E-state index is 12.5. The fourth-order valence-corrected chi connectivity index (χ4v) is 3.18. The van der Waals surface area contributed by atoms with Gasteiger partial charge in [-0.05, 0) is 44.0 Å². The van der Waals surface area contributed by atoms with Crippen LogP contribution in [0.2, 0.25) is 0 Å². The maximum atomic E-state index is 12.5. The average Bonchev–Trinajstić information content (AvgIpc) is 3.07. The molecule has 0 fully saturated rings. The summed E-state index contributed by atoms with van der Waals surface area (Å²) in [6, 6.07) is 15.7. The second-order valence-corrected chi connectivity index (χ2v) is 7.13. The summed E-state index contributed by atoms with van der Waals surface area (Å²) in [5.41, 5.74) is 3.92. The molecule has 3 aromatic rings. The van der Waals surface area contributed by atoms with Gasteiger partial charge in [-0.25, -0.2) is 9.67 Å². The molecule has 0 bridgehead atoms. The van der Waals surface area contributed by atoms with Crippen molar-refractivity contribution in [3.63, 3.8) is 0 Å². The lowest BCUT2D eigenvalue weighted by atomic mass is 10.1. The maximum Gasteiger partial charge on any atom is 0.237 e. The fourth-order valence-electron chi connectivity index (χ4n) is 2.46. The quantitative estimate of drug-likeness (QED) is 0.705. The second-order valence-electron chi connectivity index (χ2n) is 5.82. The highest BCUT2D eigenvalue weighted by Gasteiger charge is 2.18. The molecule has 0 saturated heterocycles. The van der Waals surface area contributed by atoms with Crippen molar-refractivity contribution >= 4 is 23.4 Å². The largest absolute Gasteiger partial charge is 0.325 e. The summed E-state index contributed by atoms with van der Waals surface area (Å²) in [6.45, 7) is 5.84. The lowest BCUT2D eigenvalue weighted by molar-refractivity contribution is -0.115. The minimum Gasteiger partial charge on any atom is -0.325 e. The summed E-state index contributed by atoms with van der Waals surface area (Å²) in [4.78, 5) is 16.8. The van der Waals surface area contributed by atoms with Gasteiger partial charge in [-0.1, -0.05) is 48.2 Å². The molecule has 0 aliphatic heterocycles. The fraction of sp³-hybridized carbons (Fsp3) is 0.211. The third-order valence-corrected chi connectivity index (χ3v) is 4.84. The standard InChI is InChI=1S/C19H20N4OS/c1-13-8-7-9-14(2)17(13)21-18(24)15(3)25-19-20-12-23(22-19)16-10-5-4-6-11-16/h4-12,15H,1-3H3,(H,21,24). The summed E-state index contributed by atoms with van der Waals surface area (Å²) in [5.74, 6) is -0.0570. The van der Waals surface area contributed by atoms with E-state index in [-0.39, 0.29) is 11.2 Å². The number of hydrogen-bond donors (Lipinski definition) is 1. The van der Waals surface area contributed by atoms with Crippen molar-refractivity contribution in [2.75, 3.05) is 5.32 Å². The molecule has 1 atom stereocenters. The Bertz CT molecular complexity index is 856. The number of nitrogens with one attached hydrogen (secondary N) is 1. The van der Waals surface area contributed by atoms with Crippen LogP contribution in [-0.4, -0.2) is 25.9 Å². The number of thioether (sulfide) groups is 1. The first kappa shape index (κ1) is 17.2. The molecular formula is C19H20N4OS. The number of hydrogen-bond acceptors (Lipinski definition) is 4. The molecule has 5 nitrogen and oxygen atoms in total. The first-order valence-corrected chi connectivity index (χ1v) is 8.93. The number of aryl methyl sites for hydroxylation is 2. The number of para-hydroxylation sites is 2. The van der Waals surface area contributed by atoms with Gasteiger partial charge in [0, 0.05) is 5.69 Å². The van der Waals surface area contributed by atoms with E-state index >= 15 is 0 Å². The molecule has 0 saturated carbocycles. The zero-order chi connectivity index (χ0) is 17.8. The van der Waals surface area contributed by atoms with Gasteiger partial charge in [0.25, 0.3) is 0 Å². The molecule has 6 heteroatoms. The summed E-state index contributed by atoms with van der Waals surface area (Å²) < 4.78 is 1.71. The average molecular weight is 352 g/mol. The van der Waals surface area contributed by atoms with E-state index in [2.05, 4.69) is 15.4 Å². The summed E-state index contributed by atoms with van der Waals surface area (Å²) in [6.07, 6.45) is 1.66. The molecular weight excluding hydrogens is 332 g/mol. The van der Waals surface area contributed by atoms with Crippen LogP contribution < -0.4 is 5.32 Å². The van der Waals surface area contributed by atoms with Gasteiger partial charge in [0.1, 0.15) is 6.33 Å². The van der Waals surface area contributed by atoms with Gasteiger partial charge in [-0.3, -0.25) is 4.79 Å². The van der Waals surface area contributed by atoms with Crippen molar-refractivity contribution in [2.45, 2.75) is 31.2 Å². The molecule has 2 aromatic carbocycles. The van der Waals surface area contributed by atoms with Gasteiger partial charge in [-0.2, -0.15) is 0 Å². The van der Waals surface area contributed by atoms with E-state index < -0.39 is 0 Å². The van der Waals surface area contributed by atoms with Crippen molar-refractivity contribution in [1.29, 1.82) is 0 Å². The number of benzene rings is 2. The number of rotatable bonds is 5. The van der Waals surface area contributed by atoms with E-state index in [1.165, 1.54) is 11.8 Å². The van der Waals surface area contributed by atoms with E-state index in [9.17, 15) is 4.79 Å². The van der Waals surface area contributed by atoms with Crippen molar-refractivity contribution in [3.05, 3.63) is 66.0 Å². The van der Waals surface area contributed by atoms with Crippen LogP contribution >= 0.6 is 11.8 Å². The van der Waals surface area contributed by atoms with Gasteiger partial charge in [0.05, 0.1) is 10.9 Å². The van der Waals surface area contributed by atoms with E-state index in [0.717, 1.165) is 22.5 Å². The van der Waals surface area contributed by atoms with Gasteiger partial charge in [0.2, 0.25) is 11.1 Å². The van der Waals surface area contributed by atoms with Gasteiger partial charge < -0.3 is 5.32 Å². The monoisotopic (exact) mass is 352 g/mol. The molecule has 128 valence electrons. The van der Waals surface area contributed by atoms with Crippen LogP contribution in [-0.2, 0) is 4.79 Å². The number of amides is 1. The molecule has 1 amide bonds. The third-order valence-electron chi connectivity index (χ3n) is 3.87. The minimum atomic E-state index is -0.300. The van der Waals surface area contributed by atoms with Crippen LogP contribution in [0.1, 0.15) is 18.1 Å². The van der Waals surface area contributed by atoms with Gasteiger partial charge in [-0.15, -0.1) is 5.10 Å². The molecule has 1 N–H and O–H groups in total. The van der Waals surface area contributed by atoms with Crippen LogP contribution in [0.25, 0.3) is 5.69 Å². The molecule has 25 heavy (non-hydrogen) atoms. The Kier molecular flexibility index (Phi) is 5.19. The van der Waals surface area contributed by atoms with E-state index in [4.69, 9.17) is 0 Å². The van der Waals surface area contributed by atoms with Crippen molar-refractivity contribution in [2.24, 2.45) is 0 Å². The lowest BCUT2D eigenvalue weighted by Crippen LogP contribution is -2.23. The first-order chi connectivity index (χ1) is 12.0. The number of aromatic nitrogens is 3. The molecule has 1 aromatic heterocycles. The molecule has 1 heterocycles. The van der Waals surface area contributed by atoms with Gasteiger partial charge in [0.15, 0.2) is 0 Å². The predicted molar refractivity (Wildman–Crippen MR) is 101 cm³/mol. The highest BCUT2D eigenvalue weighted by atomic mass is 32.2. The number of carbonyl (C=O) groups is 1. The summed E-state index contributed by atoms with van der Waals surface area (Å²) in [7, 11) is 0. The highest BCUT2D eigenvalue weighted by molar-refractivity contribution is 8.00. The minimum absolute atomic E-state index is 0.0570. The summed E-state index contributed by atoms with van der Waals surface area (Å²) in [5, 5.41) is 7.72. The first-order valence-electron chi connectivity index (χ1n) is 8.05. The van der Waals surface area contributed by atoms with E-state index in [1.807, 2.05) is 69.3 Å². The Hall–Kier alpha value is -2.60. The molecule has 3 rings (SSSR count). The zero-order valence-corrected chi connectivity index (χ0v) is 15.2. The summed E-state index contributed by atoms with van der Waals surface area (Å²) >= 11 is 1.34. The SMILES string of the molecule is Cc1cccc(C)c1NC(=O)C(C)Sc1ncn(-c2ccccc2)n1. The molecule has 0 aliphatic rings. The lowest BCUT2D eigenvalue weighted by Gasteiger charge is -2.14. The number of nitrogens with zero attached hydrogens (tertiary/aromatic N) is 3. The Morgan fingerprint density at radius 2 is 1.76 bits per heavy atom. The van der Waals surface area contributed by atoms with Crippen molar-refractivity contribution in [3.8, 4) is 5.69 Å². The Labute approximate surface area is 151 Å². The van der Waals surface area contributed by atoms with Crippen molar-refractivity contribution in [1.82, 2.24) is 14.8 Å². The van der Waals surface area contributed by atoms with E-state index in [0.29, 0.717) is 5.16 Å². The Morgan fingerprint density at radius 1 is 1.08 bits per heavy atom. The molecule has 1 unspecified atom stereocenters. The van der Waals surface area contributed by atoms with Crippen LogP contribution in [0, 0.1) is 13.8 Å². The zero-order valence-electron chi connectivity index (χ0n) is 14.4. The smallest absolute Gasteiger partial charge is 0.237 e. The third kappa shape index (κ3) is 4.09. The van der Waals surface area contributed by atoms with Crippen LogP contribution in [0.4, 0.5) is 5.69 Å². The topological polar surface area (TPSA) is 59.8 Å². The highest BCUT2D eigenvalue weighted by Crippen LogP contribution is 2.24. The predicted octanol–water partition coefficient (Wildman–Crippen LogP) is 4.00. The molecule has 0 spiro atoms. The van der Waals surface area contributed by atoms with Crippen molar-refractivity contribution < 1.29 is 4.79 Å². The Balaban J connectivity index is 1.67. The van der Waals surface area contributed by atoms with Crippen LogP contribution in [0.3, 0.4) is 0 Å².